The molecule has 1 saturated heterocycles. The molecule has 11 nitrogen and oxygen atoms in total. The number of imide groups is 1. The van der Waals surface area contributed by atoms with E-state index in [0.717, 1.165) is 33.0 Å². The summed E-state index contributed by atoms with van der Waals surface area (Å²) in [6, 6.07) is 13.2. The van der Waals surface area contributed by atoms with Crippen LogP contribution < -0.4 is 21.0 Å². The molecule has 0 spiro atoms. The average molecular weight is 524 g/mol. The molecule has 0 radical (unpaired) electrons. The lowest BCUT2D eigenvalue weighted by Gasteiger charge is -2.16. The number of nitro benzene ring substituents is 1. The summed E-state index contributed by atoms with van der Waals surface area (Å²) < 4.78 is 5.88. The van der Waals surface area contributed by atoms with Crippen LogP contribution in [-0.2, 0) is 9.59 Å². The maximum absolute atomic E-state index is 13.2. The number of fused-ring (bicyclic) bond motifs is 1. The number of carbonyl (C=O) groups is 2. The Morgan fingerprint density at radius 2 is 1.94 bits per heavy atom. The van der Waals surface area contributed by atoms with Gasteiger partial charge in [-0.1, -0.05) is 42.1 Å². The highest BCUT2D eigenvalue weighted by Crippen LogP contribution is 2.39. The van der Waals surface area contributed by atoms with Gasteiger partial charge in [0.15, 0.2) is 5.16 Å². The highest BCUT2D eigenvalue weighted by atomic mass is 32.2. The van der Waals surface area contributed by atoms with Crippen LogP contribution in [0.15, 0.2) is 63.9 Å². The van der Waals surface area contributed by atoms with Gasteiger partial charge in [-0.3, -0.25) is 24.5 Å². The minimum atomic E-state index is -0.966. The van der Waals surface area contributed by atoms with Crippen molar-refractivity contribution >= 4 is 56.5 Å². The number of amides is 2. The Hall–Kier alpha value is -4.23. The van der Waals surface area contributed by atoms with Crippen molar-refractivity contribution in [2.45, 2.75) is 16.8 Å². The van der Waals surface area contributed by atoms with Crippen LogP contribution in [0, 0.1) is 10.1 Å². The minimum absolute atomic E-state index is 0.0613. The fourth-order valence-corrected chi connectivity index (χ4v) is 5.96. The van der Waals surface area contributed by atoms with E-state index in [1.165, 1.54) is 30.6 Å². The monoisotopic (exact) mass is 523 g/mol. The standard InChI is InChI=1S/C23H17N5O6S2/c1-34-13-7-8-15(16(9-13)28(32)33)26-18(29)10-17(21(26)30)36-23-25-20-19(22(31)27(23)24)14(11-35-20)12-5-3-2-4-6-12/h2-9,11,17H,10,24H2,1H3/t17-/m0/s1. The third-order valence-corrected chi connectivity index (χ3v) is 7.69. The predicted octanol–water partition coefficient (Wildman–Crippen LogP) is 3.18. The number of carbonyl (C=O) groups excluding carboxylic acids is 2. The van der Waals surface area contributed by atoms with Crippen LogP contribution in [0.5, 0.6) is 5.75 Å². The molecule has 13 heteroatoms. The van der Waals surface area contributed by atoms with Gasteiger partial charge in [-0.25, -0.2) is 14.6 Å². The van der Waals surface area contributed by atoms with E-state index in [0.29, 0.717) is 15.8 Å². The summed E-state index contributed by atoms with van der Waals surface area (Å²) >= 11 is 2.14. The number of benzene rings is 2. The lowest BCUT2D eigenvalue weighted by molar-refractivity contribution is -0.384. The lowest BCUT2D eigenvalue weighted by Crippen LogP contribution is -2.33. The van der Waals surface area contributed by atoms with Crippen molar-refractivity contribution in [3.05, 3.63) is 74.4 Å². The van der Waals surface area contributed by atoms with E-state index >= 15 is 0 Å². The molecule has 3 heterocycles. The average Bonchev–Trinajstić information content (AvgIpc) is 3.42. The number of thioether (sulfide) groups is 1. The van der Waals surface area contributed by atoms with E-state index in [-0.39, 0.29) is 23.0 Å². The molecular weight excluding hydrogens is 506 g/mol. The van der Waals surface area contributed by atoms with Crippen molar-refractivity contribution < 1.29 is 19.2 Å². The number of thiophene rings is 1. The summed E-state index contributed by atoms with van der Waals surface area (Å²) in [6.45, 7) is 0. The molecule has 182 valence electrons. The molecule has 1 atom stereocenters. The number of methoxy groups -OCH3 is 1. The molecule has 2 aromatic carbocycles. The number of hydrogen-bond donors (Lipinski definition) is 1. The largest absolute Gasteiger partial charge is 0.496 e. The molecule has 2 aromatic heterocycles. The molecule has 1 aliphatic heterocycles. The van der Waals surface area contributed by atoms with Gasteiger partial charge < -0.3 is 10.6 Å². The molecule has 4 aromatic rings. The van der Waals surface area contributed by atoms with Crippen LogP contribution in [0.4, 0.5) is 11.4 Å². The number of nitrogens with zero attached hydrogens (tertiary/aromatic N) is 4. The normalized spacial score (nSPS) is 15.6. The number of nitrogen functional groups attached to an aromatic ring is 1. The SMILES string of the molecule is COc1ccc(N2C(=O)C[C@H](Sc3nc4scc(-c5ccccc5)c4c(=O)n3N)C2=O)c([N+](=O)[O-])c1. The smallest absolute Gasteiger partial charge is 0.297 e. The molecule has 36 heavy (non-hydrogen) atoms. The first-order valence-corrected chi connectivity index (χ1v) is 12.3. The molecule has 5 rings (SSSR count). The quantitative estimate of drug-likeness (QED) is 0.132. The van der Waals surface area contributed by atoms with E-state index < -0.39 is 33.2 Å². The summed E-state index contributed by atoms with van der Waals surface area (Å²) in [5, 5.41) is 12.9. The summed E-state index contributed by atoms with van der Waals surface area (Å²) in [5.41, 5.74) is 0.467. The Kier molecular flexibility index (Phi) is 5.94. The molecule has 1 fully saturated rings. The fraction of sp³-hybridized carbons (Fsp3) is 0.130. The molecular formula is C23H17N5O6S2. The van der Waals surface area contributed by atoms with Gasteiger partial charge in [0.25, 0.3) is 11.2 Å². The van der Waals surface area contributed by atoms with Gasteiger partial charge in [-0.2, -0.15) is 0 Å². The summed E-state index contributed by atoms with van der Waals surface area (Å²) in [4.78, 5) is 55.7. The maximum Gasteiger partial charge on any atom is 0.297 e. The second-order valence-corrected chi connectivity index (χ2v) is 9.78. The number of aromatic nitrogens is 2. The Bertz CT molecular complexity index is 1600. The first-order valence-electron chi connectivity index (χ1n) is 10.5. The predicted molar refractivity (Wildman–Crippen MR) is 136 cm³/mol. The van der Waals surface area contributed by atoms with Gasteiger partial charge in [-0.05, 0) is 17.7 Å². The van der Waals surface area contributed by atoms with E-state index in [2.05, 4.69) is 4.98 Å². The van der Waals surface area contributed by atoms with Gasteiger partial charge in [-0.15, -0.1) is 11.3 Å². The van der Waals surface area contributed by atoms with Gasteiger partial charge >= 0.3 is 0 Å². The highest BCUT2D eigenvalue weighted by Gasteiger charge is 2.43. The van der Waals surface area contributed by atoms with Crippen LogP contribution in [0.3, 0.4) is 0 Å². The van der Waals surface area contributed by atoms with E-state index in [1.54, 1.807) is 0 Å². The van der Waals surface area contributed by atoms with Crippen LogP contribution in [0.2, 0.25) is 0 Å². The molecule has 0 saturated carbocycles. The van der Waals surface area contributed by atoms with Crippen molar-refractivity contribution in [3.63, 3.8) is 0 Å². The number of anilines is 1. The second kappa shape index (κ2) is 9.09. The van der Waals surface area contributed by atoms with Crippen molar-refractivity contribution in [1.29, 1.82) is 0 Å². The maximum atomic E-state index is 13.2. The molecule has 0 unspecified atom stereocenters. The van der Waals surface area contributed by atoms with Gasteiger partial charge in [0, 0.05) is 17.4 Å². The topological polar surface area (TPSA) is 151 Å². The zero-order chi connectivity index (χ0) is 25.6. The lowest BCUT2D eigenvalue weighted by atomic mass is 10.1. The Labute approximate surface area is 211 Å². The van der Waals surface area contributed by atoms with Gasteiger partial charge in [0.2, 0.25) is 11.8 Å². The number of ether oxygens (including phenoxy) is 1. The van der Waals surface area contributed by atoms with E-state index in [4.69, 9.17) is 10.6 Å². The molecule has 0 bridgehead atoms. The fourth-order valence-electron chi connectivity index (χ4n) is 3.94. The second-order valence-electron chi connectivity index (χ2n) is 7.75. The van der Waals surface area contributed by atoms with E-state index in [1.807, 2.05) is 35.7 Å². The third-order valence-electron chi connectivity index (χ3n) is 5.67. The number of nitrogens with two attached hydrogens (primary N) is 1. The Morgan fingerprint density at radius 1 is 1.19 bits per heavy atom. The molecule has 2 amide bonds. The zero-order valence-electron chi connectivity index (χ0n) is 18.6. The first-order chi connectivity index (χ1) is 17.3. The van der Waals surface area contributed by atoms with Crippen LogP contribution in [0.1, 0.15) is 6.42 Å². The van der Waals surface area contributed by atoms with Crippen molar-refractivity contribution in [1.82, 2.24) is 9.66 Å². The van der Waals surface area contributed by atoms with Gasteiger partial charge in [0.05, 0.1) is 23.5 Å². The van der Waals surface area contributed by atoms with Crippen molar-refractivity contribution in [2.75, 3.05) is 17.9 Å². The van der Waals surface area contributed by atoms with Crippen LogP contribution in [-0.4, -0.2) is 38.8 Å². The summed E-state index contributed by atoms with van der Waals surface area (Å²) in [6.07, 6.45) is -0.236. The summed E-state index contributed by atoms with van der Waals surface area (Å²) in [7, 11) is 1.35. The van der Waals surface area contributed by atoms with Crippen LogP contribution in [0.25, 0.3) is 21.3 Å². The van der Waals surface area contributed by atoms with Crippen LogP contribution >= 0.6 is 23.1 Å². The molecule has 1 aliphatic rings. The molecule has 2 N–H and O–H groups in total. The number of hydrogen-bond acceptors (Lipinski definition) is 10. The van der Waals surface area contributed by atoms with E-state index in [9.17, 15) is 24.5 Å². The zero-order valence-corrected chi connectivity index (χ0v) is 20.2. The number of rotatable bonds is 6. The van der Waals surface area contributed by atoms with Crippen molar-refractivity contribution in [2.24, 2.45) is 0 Å². The minimum Gasteiger partial charge on any atom is -0.496 e. The molecule has 0 aliphatic carbocycles. The first kappa shape index (κ1) is 23.5. The number of nitro groups is 1. The summed E-state index contributed by atoms with van der Waals surface area (Å²) in [5.74, 6) is 5.01. The van der Waals surface area contributed by atoms with Gasteiger partial charge in [0.1, 0.15) is 21.5 Å². The Morgan fingerprint density at radius 3 is 2.64 bits per heavy atom. The van der Waals surface area contributed by atoms with Crippen molar-refractivity contribution in [3.8, 4) is 16.9 Å². The Balaban J connectivity index is 1.48. The highest BCUT2D eigenvalue weighted by molar-refractivity contribution is 8.00. The third kappa shape index (κ3) is 3.87.